The Morgan fingerprint density at radius 1 is 1.10 bits per heavy atom. The number of hydrogen-bond donors (Lipinski definition) is 1. The van der Waals surface area contributed by atoms with Crippen molar-refractivity contribution in [1.82, 2.24) is 24.7 Å². The van der Waals surface area contributed by atoms with E-state index in [1.54, 1.807) is 16.0 Å². The Hall–Kier alpha value is -3.37. The van der Waals surface area contributed by atoms with Crippen LogP contribution < -0.4 is 5.32 Å². The molecule has 217 valence electrons. The minimum absolute atomic E-state index is 0.00694. The summed E-state index contributed by atoms with van der Waals surface area (Å²) in [6.07, 6.45) is 4.09. The molecule has 0 saturated carbocycles. The first kappa shape index (κ1) is 27.8. The SMILES string of the molecule is O=C(N1C[CH]C1)N(CC1CNCC1F)[C@@H](c1nc(-c2cc(F)ccc2F)cn1Cc1ccccc1)C1CCOCC1. The zero-order chi connectivity index (χ0) is 28.3. The van der Waals surface area contributed by atoms with E-state index < -0.39 is 23.8 Å². The minimum Gasteiger partial charge on any atom is -0.381 e. The fourth-order valence-corrected chi connectivity index (χ4v) is 6.07. The Morgan fingerprint density at radius 2 is 1.88 bits per heavy atom. The highest BCUT2D eigenvalue weighted by Crippen LogP contribution is 2.39. The Kier molecular flexibility index (Phi) is 8.30. The molecule has 3 fully saturated rings. The van der Waals surface area contributed by atoms with Crippen LogP contribution in [0.15, 0.2) is 54.7 Å². The number of amides is 2. The zero-order valence-corrected chi connectivity index (χ0v) is 22.9. The number of urea groups is 1. The monoisotopic (exact) mass is 566 g/mol. The van der Waals surface area contributed by atoms with E-state index >= 15 is 0 Å². The molecule has 1 aromatic heterocycles. The molecule has 2 aromatic carbocycles. The average Bonchev–Trinajstić information content (AvgIpc) is 3.55. The number of benzene rings is 2. The van der Waals surface area contributed by atoms with E-state index in [4.69, 9.17) is 9.72 Å². The highest BCUT2D eigenvalue weighted by molar-refractivity contribution is 5.76. The molecular weight excluding hydrogens is 531 g/mol. The standard InChI is InChI=1S/C31H35F3N5O2/c32-24-7-8-26(33)25(15-24)28-20-38(18-21-5-2-1-3-6-21)30(36-28)29(22-9-13-41-14-10-22)39(31(40)37-11-4-12-37)19-23-16-35-17-27(23)34/h1-8,15,20,22-23,27,29,35H,9-14,16-19H2/t23?,27?,29-/m1/s1. The number of ether oxygens (including phenoxy) is 1. The van der Waals surface area contributed by atoms with Crippen molar-refractivity contribution in [3.05, 3.63) is 84.2 Å². The molecule has 7 nitrogen and oxygen atoms in total. The molecule has 3 aromatic rings. The average molecular weight is 567 g/mol. The van der Waals surface area contributed by atoms with Crippen LogP contribution in [0.4, 0.5) is 18.0 Å². The zero-order valence-electron chi connectivity index (χ0n) is 22.9. The van der Waals surface area contributed by atoms with Gasteiger partial charge in [0.15, 0.2) is 0 Å². The van der Waals surface area contributed by atoms with E-state index in [1.165, 1.54) is 0 Å². The van der Waals surface area contributed by atoms with Gasteiger partial charge < -0.3 is 24.4 Å². The van der Waals surface area contributed by atoms with Crippen LogP contribution in [0.25, 0.3) is 11.3 Å². The molecule has 0 bridgehead atoms. The number of nitrogens with zero attached hydrogens (tertiary/aromatic N) is 4. The fourth-order valence-electron chi connectivity index (χ4n) is 6.07. The lowest BCUT2D eigenvalue weighted by molar-refractivity contribution is 0.0192. The van der Waals surface area contributed by atoms with Crippen LogP contribution in [0.1, 0.15) is 30.3 Å². The summed E-state index contributed by atoms with van der Waals surface area (Å²) in [5.74, 6) is -0.920. The molecule has 1 N–H and O–H groups in total. The van der Waals surface area contributed by atoms with Crippen LogP contribution >= 0.6 is 0 Å². The number of nitrogens with one attached hydrogen (secondary N) is 1. The Bertz CT molecular complexity index is 1340. The van der Waals surface area contributed by atoms with E-state index in [9.17, 15) is 18.0 Å². The third-order valence-corrected chi connectivity index (χ3v) is 8.42. The van der Waals surface area contributed by atoms with Crippen molar-refractivity contribution in [2.45, 2.75) is 31.6 Å². The summed E-state index contributed by atoms with van der Waals surface area (Å²) in [7, 11) is 0. The van der Waals surface area contributed by atoms with E-state index in [-0.39, 0.29) is 36.5 Å². The molecule has 3 aliphatic rings. The van der Waals surface area contributed by atoms with Gasteiger partial charge in [-0.2, -0.15) is 0 Å². The summed E-state index contributed by atoms with van der Waals surface area (Å²) in [6, 6.07) is 12.5. The van der Waals surface area contributed by atoms with Gasteiger partial charge in [-0.1, -0.05) is 30.3 Å². The summed E-state index contributed by atoms with van der Waals surface area (Å²) < 4.78 is 51.8. The fraction of sp³-hybridized carbons (Fsp3) is 0.452. The van der Waals surface area contributed by atoms with Gasteiger partial charge in [-0.05, 0) is 42.5 Å². The first-order chi connectivity index (χ1) is 20.0. The number of hydrogen-bond acceptors (Lipinski definition) is 4. The number of imidazole rings is 1. The molecule has 0 aliphatic carbocycles. The summed E-state index contributed by atoms with van der Waals surface area (Å²) in [6.45, 7) is 3.56. The highest BCUT2D eigenvalue weighted by atomic mass is 19.1. The number of alkyl halides is 1. The second-order valence-electron chi connectivity index (χ2n) is 11.2. The lowest BCUT2D eigenvalue weighted by atomic mass is 9.89. The third-order valence-electron chi connectivity index (χ3n) is 8.42. The van der Waals surface area contributed by atoms with E-state index in [0.717, 1.165) is 23.8 Å². The van der Waals surface area contributed by atoms with Crippen LogP contribution in [0.3, 0.4) is 0 Å². The van der Waals surface area contributed by atoms with Crippen molar-refractivity contribution in [2.75, 3.05) is 45.9 Å². The maximum Gasteiger partial charge on any atom is 0.320 e. The molecule has 41 heavy (non-hydrogen) atoms. The normalized spacial score (nSPS) is 22.0. The molecule has 2 amide bonds. The first-order valence-corrected chi connectivity index (χ1v) is 14.3. The van der Waals surface area contributed by atoms with Gasteiger partial charge in [0, 0.05) is 76.6 Å². The van der Waals surface area contributed by atoms with Crippen LogP contribution in [0.5, 0.6) is 0 Å². The van der Waals surface area contributed by atoms with Gasteiger partial charge in [0.25, 0.3) is 0 Å². The summed E-state index contributed by atoms with van der Waals surface area (Å²) in [5, 5.41) is 3.11. The van der Waals surface area contributed by atoms with Crippen molar-refractivity contribution in [3.63, 3.8) is 0 Å². The summed E-state index contributed by atoms with van der Waals surface area (Å²) >= 11 is 0. The second-order valence-corrected chi connectivity index (χ2v) is 11.2. The van der Waals surface area contributed by atoms with E-state index in [0.29, 0.717) is 63.8 Å². The van der Waals surface area contributed by atoms with Crippen LogP contribution in [0, 0.1) is 29.9 Å². The van der Waals surface area contributed by atoms with Gasteiger partial charge in [-0.15, -0.1) is 0 Å². The van der Waals surface area contributed by atoms with Crippen molar-refractivity contribution in [1.29, 1.82) is 0 Å². The molecular formula is C31H35F3N5O2. The highest BCUT2D eigenvalue weighted by Gasteiger charge is 2.42. The quantitative estimate of drug-likeness (QED) is 0.424. The smallest absolute Gasteiger partial charge is 0.320 e. The topological polar surface area (TPSA) is 62.6 Å². The van der Waals surface area contributed by atoms with Gasteiger partial charge in [0.1, 0.15) is 23.6 Å². The number of aromatic nitrogens is 2. The molecule has 3 aliphatic heterocycles. The van der Waals surface area contributed by atoms with Gasteiger partial charge in [-0.25, -0.2) is 22.9 Å². The predicted octanol–water partition coefficient (Wildman–Crippen LogP) is 4.84. The number of halogens is 3. The molecule has 2 unspecified atom stereocenters. The predicted molar refractivity (Wildman–Crippen MR) is 149 cm³/mol. The van der Waals surface area contributed by atoms with Crippen LogP contribution in [-0.2, 0) is 11.3 Å². The van der Waals surface area contributed by atoms with E-state index in [2.05, 4.69) is 5.32 Å². The molecule has 10 heteroatoms. The third kappa shape index (κ3) is 5.99. The van der Waals surface area contributed by atoms with Gasteiger partial charge in [-0.3, -0.25) is 0 Å². The van der Waals surface area contributed by atoms with Crippen LogP contribution in [0.2, 0.25) is 0 Å². The van der Waals surface area contributed by atoms with Crippen LogP contribution in [-0.4, -0.2) is 77.5 Å². The van der Waals surface area contributed by atoms with E-state index in [1.807, 2.05) is 41.3 Å². The number of carbonyl (C=O) groups excluding carboxylic acids is 1. The Morgan fingerprint density at radius 3 is 2.56 bits per heavy atom. The number of likely N-dealkylation sites (tertiary alicyclic amines) is 1. The molecule has 3 saturated heterocycles. The Labute approximate surface area is 238 Å². The largest absolute Gasteiger partial charge is 0.381 e. The van der Waals surface area contributed by atoms with Gasteiger partial charge >= 0.3 is 6.03 Å². The number of carbonyl (C=O) groups is 1. The minimum atomic E-state index is -1.07. The summed E-state index contributed by atoms with van der Waals surface area (Å²) in [4.78, 5) is 22.5. The van der Waals surface area contributed by atoms with Crippen molar-refractivity contribution in [3.8, 4) is 11.3 Å². The molecule has 3 atom stereocenters. The van der Waals surface area contributed by atoms with Crippen molar-refractivity contribution in [2.24, 2.45) is 11.8 Å². The lowest BCUT2D eigenvalue weighted by Crippen LogP contribution is -2.54. The molecule has 6 rings (SSSR count). The molecule has 4 heterocycles. The molecule has 1 radical (unpaired) electrons. The number of rotatable bonds is 8. The Balaban J connectivity index is 1.48. The summed E-state index contributed by atoms with van der Waals surface area (Å²) in [5.41, 5.74) is 1.35. The lowest BCUT2D eigenvalue weighted by Gasteiger charge is -2.43. The molecule has 0 spiro atoms. The second kappa shape index (κ2) is 12.2. The van der Waals surface area contributed by atoms with Crippen molar-refractivity contribution >= 4 is 6.03 Å². The first-order valence-electron chi connectivity index (χ1n) is 14.3. The van der Waals surface area contributed by atoms with Gasteiger partial charge in [0.2, 0.25) is 0 Å². The van der Waals surface area contributed by atoms with Crippen molar-refractivity contribution < 1.29 is 22.7 Å². The maximum absolute atomic E-state index is 15.0. The maximum atomic E-state index is 15.0. The van der Waals surface area contributed by atoms with Gasteiger partial charge in [0.05, 0.1) is 11.7 Å².